The molecule has 0 spiro atoms. The highest BCUT2D eigenvalue weighted by Crippen LogP contribution is 2.44. The molecule has 0 bridgehead atoms. The zero-order valence-electron chi connectivity index (χ0n) is 12.7. The van der Waals surface area contributed by atoms with E-state index in [9.17, 15) is 4.79 Å². The van der Waals surface area contributed by atoms with Gasteiger partial charge in [0.05, 0.1) is 12.8 Å². The van der Waals surface area contributed by atoms with Crippen LogP contribution in [0.5, 0.6) is 5.75 Å². The number of hydrogen-bond acceptors (Lipinski definition) is 2. The molecule has 1 atom stereocenters. The smallest absolute Gasteiger partial charge is 0.180 e. The van der Waals surface area contributed by atoms with E-state index in [0.29, 0.717) is 6.42 Å². The molecule has 4 rings (SSSR count). The normalized spacial score (nSPS) is 17.0. The third-order valence-corrected chi connectivity index (χ3v) is 4.64. The molecule has 3 aromatic rings. The molecule has 0 aliphatic heterocycles. The summed E-state index contributed by atoms with van der Waals surface area (Å²) in [5.41, 5.74) is 4.28. The molecular weight excluding hydrogens is 274 g/mol. The highest BCUT2D eigenvalue weighted by atomic mass is 16.5. The Morgan fingerprint density at radius 3 is 2.77 bits per heavy atom. The van der Waals surface area contributed by atoms with Gasteiger partial charge in [0.1, 0.15) is 5.75 Å². The fourth-order valence-corrected chi connectivity index (χ4v) is 3.64. The van der Waals surface area contributed by atoms with Crippen molar-refractivity contribution in [3.05, 3.63) is 65.4 Å². The van der Waals surface area contributed by atoms with Gasteiger partial charge in [-0.1, -0.05) is 30.3 Å². The number of para-hydroxylation sites is 1. The monoisotopic (exact) mass is 291 g/mol. The first-order valence-electron chi connectivity index (χ1n) is 7.45. The Labute approximate surface area is 129 Å². The average Bonchev–Trinajstić information content (AvgIpc) is 3.05. The Hall–Kier alpha value is -2.55. The number of hydrogen-bond donors (Lipinski definition) is 0. The van der Waals surface area contributed by atoms with Gasteiger partial charge in [0.15, 0.2) is 5.78 Å². The molecule has 0 fully saturated rings. The van der Waals surface area contributed by atoms with Crippen LogP contribution in [0, 0.1) is 0 Å². The lowest BCUT2D eigenvalue weighted by Gasteiger charge is -2.12. The summed E-state index contributed by atoms with van der Waals surface area (Å²) >= 11 is 0. The first-order valence-corrected chi connectivity index (χ1v) is 7.45. The second kappa shape index (κ2) is 4.73. The van der Waals surface area contributed by atoms with Gasteiger partial charge >= 0.3 is 0 Å². The van der Waals surface area contributed by atoms with Crippen molar-refractivity contribution < 1.29 is 9.53 Å². The summed E-state index contributed by atoms with van der Waals surface area (Å²) in [6.45, 7) is 0. The van der Waals surface area contributed by atoms with E-state index in [0.717, 1.165) is 28.1 Å². The zero-order valence-corrected chi connectivity index (χ0v) is 12.7. The van der Waals surface area contributed by atoms with Crippen LogP contribution >= 0.6 is 0 Å². The number of ketones is 1. The van der Waals surface area contributed by atoms with Crippen LogP contribution in [0.4, 0.5) is 0 Å². The number of methoxy groups -OCH3 is 1. The molecular formula is C19H17NO2. The lowest BCUT2D eigenvalue weighted by Crippen LogP contribution is -2.01. The molecule has 2 aromatic carbocycles. The predicted octanol–water partition coefficient (Wildman–Crippen LogP) is 3.91. The number of aromatic nitrogens is 1. The van der Waals surface area contributed by atoms with Gasteiger partial charge in [0.2, 0.25) is 0 Å². The number of ether oxygens (including phenoxy) is 1. The fourth-order valence-electron chi connectivity index (χ4n) is 3.64. The Morgan fingerprint density at radius 1 is 1.14 bits per heavy atom. The zero-order chi connectivity index (χ0) is 15.3. The molecule has 0 N–H and O–H groups in total. The summed E-state index contributed by atoms with van der Waals surface area (Å²) in [6.07, 6.45) is 0.538. The summed E-state index contributed by atoms with van der Waals surface area (Å²) in [7, 11) is 3.65. The summed E-state index contributed by atoms with van der Waals surface area (Å²) < 4.78 is 7.37. The van der Waals surface area contributed by atoms with E-state index in [1.807, 2.05) is 41.9 Å². The molecule has 22 heavy (non-hydrogen) atoms. The lowest BCUT2D eigenvalue weighted by atomic mass is 9.92. The average molecular weight is 291 g/mol. The van der Waals surface area contributed by atoms with E-state index >= 15 is 0 Å². The standard InChI is InChI=1S/C19H17NO2/c1-20-16-9-4-3-8-14(16)18-15(11-17(21)19(18)20)12-6-5-7-13(10-12)22-2/h3-10,15H,11H2,1-2H3/t15-/m1/s1. The number of Topliss-reactive ketones (excluding diaryl/α,β-unsaturated/α-hetero) is 1. The minimum atomic E-state index is 0.115. The molecule has 0 radical (unpaired) electrons. The Morgan fingerprint density at radius 2 is 1.95 bits per heavy atom. The SMILES string of the molecule is COc1cccc([C@H]2CC(=O)c3c2c2ccccc2n3C)c1. The number of nitrogens with zero attached hydrogens (tertiary/aromatic N) is 1. The van der Waals surface area contributed by atoms with Crippen molar-refractivity contribution in [1.29, 1.82) is 0 Å². The molecule has 3 nitrogen and oxygen atoms in total. The number of carbonyl (C=O) groups excluding carboxylic acids is 1. The van der Waals surface area contributed by atoms with Crippen LogP contribution in [0.1, 0.15) is 34.0 Å². The number of fused-ring (bicyclic) bond motifs is 3. The van der Waals surface area contributed by atoms with E-state index < -0.39 is 0 Å². The minimum Gasteiger partial charge on any atom is -0.497 e. The maximum absolute atomic E-state index is 12.5. The highest BCUT2D eigenvalue weighted by molar-refractivity contribution is 6.07. The van der Waals surface area contributed by atoms with Crippen molar-refractivity contribution in [2.75, 3.05) is 7.11 Å². The van der Waals surface area contributed by atoms with Gasteiger partial charge < -0.3 is 9.30 Å². The van der Waals surface area contributed by atoms with E-state index in [1.54, 1.807) is 7.11 Å². The summed E-state index contributed by atoms with van der Waals surface area (Å²) in [6, 6.07) is 16.3. The number of carbonyl (C=O) groups is 1. The molecule has 1 heterocycles. The maximum atomic E-state index is 12.5. The third-order valence-electron chi connectivity index (χ3n) is 4.64. The molecule has 1 aromatic heterocycles. The van der Waals surface area contributed by atoms with E-state index in [-0.39, 0.29) is 11.7 Å². The molecule has 1 aliphatic carbocycles. The van der Waals surface area contributed by atoms with Crippen molar-refractivity contribution in [2.45, 2.75) is 12.3 Å². The second-order valence-electron chi connectivity index (χ2n) is 5.79. The van der Waals surface area contributed by atoms with Gasteiger partial charge in [-0.3, -0.25) is 4.79 Å². The number of aryl methyl sites for hydroxylation is 1. The van der Waals surface area contributed by atoms with Crippen molar-refractivity contribution in [1.82, 2.24) is 4.57 Å². The summed E-state index contributed by atoms with van der Waals surface area (Å²) in [5.74, 6) is 1.17. The van der Waals surface area contributed by atoms with E-state index in [2.05, 4.69) is 18.2 Å². The fraction of sp³-hybridized carbons (Fsp3) is 0.211. The minimum absolute atomic E-state index is 0.115. The topological polar surface area (TPSA) is 31.2 Å². The molecule has 0 unspecified atom stereocenters. The first-order chi connectivity index (χ1) is 10.7. The van der Waals surface area contributed by atoms with Crippen molar-refractivity contribution in [3.8, 4) is 5.75 Å². The van der Waals surface area contributed by atoms with Crippen LogP contribution < -0.4 is 4.74 Å². The Kier molecular flexibility index (Phi) is 2.83. The quantitative estimate of drug-likeness (QED) is 0.717. The van der Waals surface area contributed by atoms with Gasteiger partial charge in [-0.2, -0.15) is 0 Å². The maximum Gasteiger partial charge on any atom is 0.180 e. The van der Waals surface area contributed by atoms with Crippen molar-refractivity contribution >= 4 is 16.7 Å². The van der Waals surface area contributed by atoms with Gasteiger partial charge in [-0.25, -0.2) is 0 Å². The van der Waals surface area contributed by atoms with Crippen LogP contribution in [0.2, 0.25) is 0 Å². The summed E-state index contributed by atoms with van der Waals surface area (Å²) in [5, 5.41) is 1.18. The van der Waals surface area contributed by atoms with Crippen LogP contribution in [0.15, 0.2) is 48.5 Å². The lowest BCUT2D eigenvalue weighted by molar-refractivity contribution is 0.0984. The van der Waals surface area contributed by atoms with Crippen LogP contribution in [0.3, 0.4) is 0 Å². The van der Waals surface area contributed by atoms with Crippen LogP contribution in [0.25, 0.3) is 10.9 Å². The van der Waals surface area contributed by atoms with E-state index in [4.69, 9.17) is 4.74 Å². The number of benzene rings is 2. The van der Waals surface area contributed by atoms with Crippen LogP contribution in [-0.4, -0.2) is 17.5 Å². The van der Waals surface area contributed by atoms with Gasteiger partial charge in [0.25, 0.3) is 0 Å². The van der Waals surface area contributed by atoms with Crippen molar-refractivity contribution in [3.63, 3.8) is 0 Å². The molecule has 1 aliphatic rings. The van der Waals surface area contributed by atoms with Gasteiger partial charge in [0, 0.05) is 30.3 Å². The van der Waals surface area contributed by atoms with E-state index in [1.165, 1.54) is 5.39 Å². The molecule has 0 saturated carbocycles. The third kappa shape index (κ3) is 1.72. The molecule has 0 amide bonds. The molecule has 0 saturated heterocycles. The predicted molar refractivity (Wildman–Crippen MR) is 86.7 cm³/mol. The Bertz CT molecular complexity index is 892. The second-order valence-corrected chi connectivity index (χ2v) is 5.79. The summed E-state index contributed by atoms with van der Waals surface area (Å²) in [4.78, 5) is 12.5. The molecule has 110 valence electrons. The number of rotatable bonds is 2. The largest absolute Gasteiger partial charge is 0.497 e. The first kappa shape index (κ1) is 13.1. The molecule has 3 heteroatoms. The van der Waals surface area contributed by atoms with Gasteiger partial charge in [-0.15, -0.1) is 0 Å². The Balaban J connectivity index is 1.96. The van der Waals surface area contributed by atoms with Crippen LogP contribution in [-0.2, 0) is 7.05 Å². The van der Waals surface area contributed by atoms with Crippen molar-refractivity contribution in [2.24, 2.45) is 7.05 Å². The van der Waals surface area contributed by atoms with Gasteiger partial charge in [-0.05, 0) is 29.3 Å². The highest BCUT2D eigenvalue weighted by Gasteiger charge is 2.35.